The van der Waals surface area contributed by atoms with Crippen molar-refractivity contribution in [2.45, 2.75) is 0 Å². The molecule has 0 saturated carbocycles. The quantitative estimate of drug-likeness (QED) is 0.388. The van der Waals surface area contributed by atoms with Crippen LogP contribution in [0.2, 0.25) is 0 Å². The SMILES string of the molecule is O=[N+]([O-])c1ccc(OCCOCCOCCO)cc1. The second-order valence-corrected chi connectivity index (χ2v) is 3.55. The van der Waals surface area contributed by atoms with Gasteiger partial charge in [-0.15, -0.1) is 0 Å². The van der Waals surface area contributed by atoms with Gasteiger partial charge in [-0.25, -0.2) is 0 Å². The number of aliphatic hydroxyl groups excluding tert-OH is 1. The van der Waals surface area contributed by atoms with E-state index < -0.39 is 4.92 Å². The van der Waals surface area contributed by atoms with Gasteiger partial charge in [0.15, 0.2) is 0 Å². The summed E-state index contributed by atoms with van der Waals surface area (Å²) in [4.78, 5) is 9.98. The predicted molar refractivity (Wildman–Crippen MR) is 67.3 cm³/mol. The molecule has 0 bridgehead atoms. The van der Waals surface area contributed by atoms with Crippen molar-refractivity contribution < 1.29 is 24.2 Å². The highest BCUT2D eigenvalue weighted by atomic mass is 16.6. The zero-order valence-electron chi connectivity index (χ0n) is 10.5. The van der Waals surface area contributed by atoms with Crippen LogP contribution in [-0.2, 0) is 9.47 Å². The Morgan fingerprint density at radius 3 is 2.16 bits per heavy atom. The summed E-state index contributed by atoms with van der Waals surface area (Å²) < 4.78 is 15.6. The van der Waals surface area contributed by atoms with E-state index in [4.69, 9.17) is 19.3 Å². The molecule has 19 heavy (non-hydrogen) atoms. The molecule has 0 aromatic heterocycles. The van der Waals surface area contributed by atoms with E-state index in [0.29, 0.717) is 38.8 Å². The Balaban J connectivity index is 2.07. The second-order valence-electron chi connectivity index (χ2n) is 3.55. The number of rotatable bonds is 10. The summed E-state index contributed by atoms with van der Waals surface area (Å²) in [5.41, 5.74) is 0.0321. The summed E-state index contributed by atoms with van der Waals surface area (Å²) >= 11 is 0. The van der Waals surface area contributed by atoms with Crippen LogP contribution in [0, 0.1) is 10.1 Å². The molecule has 1 rings (SSSR count). The van der Waals surface area contributed by atoms with Gasteiger partial charge in [-0.2, -0.15) is 0 Å². The monoisotopic (exact) mass is 271 g/mol. The molecule has 0 fully saturated rings. The normalized spacial score (nSPS) is 10.4. The maximum atomic E-state index is 10.4. The van der Waals surface area contributed by atoms with E-state index in [0.717, 1.165) is 0 Å². The van der Waals surface area contributed by atoms with Gasteiger partial charge >= 0.3 is 0 Å². The molecule has 0 saturated heterocycles. The van der Waals surface area contributed by atoms with Crippen molar-refractivity contribution in [3.05, 3.63) is 34.4 Å². The Labute approximate surface area is 110 Å². The molecule has 7 heteroatoms. The Morgan fingerprint density at radius 1 is 1.00 bits per heavy atom. The fourth-order valence-corrected chi connectivity index (χ4v) is 1.27. The van der Waals surface area contributed by atoms with Crippen molar-refractivity contribution in [3.63, 3.8) is 0 Å². The van der Waals surface area contributed by atoms with Crippen molar-refractivity contribution in [2.24, 2.45) is 0 Å². The van der Waals surface area contributed by atoms with E-state index in [-0.39, 0.29) is 12.3 Å². The van der Waals surface area contributed by atoms with Crippen LogP contribution in [-0.4, -0.2) is 49.7 Å². The van der Waals surface area contributed by atoms with Crippen molar-refractivity contribution in [1.29, 1.82) is 0 Å². The number of nitro benzene ring substituents is 1. The second kappa shape index (κ2) is 9.26. The van der Waals surface area contributed by atoms with Crippen LogP contribution in [0.25, 0.3) is 0 Å². The number of benzene rings is 1. The Morgan fingerprint density at radius 2 is 1.58 bits per heavy atom. The van der Waals surface area contributed by atoms with Crippen molar-refractivity contribution in [3.8, 4) is 5.75 Å². The van der Waals surface area contributed by atoms with Gasteiger partial charge in [0.25, 0.3) is 5.69 Å². The van der Waals surface area contributed by atoms with Crippen LogP contribution in [0.3, 0.4) is 0 Å². The zero-order valence-corrected chi connectivity index (χ0v) is 10.5. The number of ether oxygens (including phenoxy) is 3. The Kier molecular flexibility index (Phi) is 7.48. The van der Waals surface area contributed by atoms with E-state index in [1.807, 2.05) is 0 Å². The molecule has 0 unspecified atom stereocenters. The van der Waals surface area contributed by atoms with Crippen LogP contribution in [0.15, 0.2) is 24.3 Å². The number of nitro groups is 1. The Hall–Kier alpha value is -1.70. The summed E-state index contributed by atoms with van der Waals surface area (Å²) in [6.07, 6.45) is 0. The number of hydrogen-bond donors (Lipinski definition) is 1. The lowest BCUT2D eigenvalue weighted by Gasteiger charge is -2.07. The lowest BCUT2D eigenvalue weighted by molar-refractivity contribution is -0.384. The number of non-ortho nitro benzene ring substituents is 1. The standard InChI is InChI=1S/C12H17NO6/c14-5-6-17-7-8-18-9-10-19-12-3-1-11(2-4-12)13(15)16/h1-4,14H,5-10H2. The summed E-state index contributed by atoms with van der Waals surface area (Å²) in [6.45, 7) is 1.94. The highest BCUT2D eigenvalue weighted by molar-refractivity contribution is 5.35. The van der Waals surface area contributed by atoms with Gasteiger partial charge in [0.05, 0.1) is 38.0 Å². The van der Waals surface area contributed by atoms with Gasteiger partial charge in [-0.3, -0.25) is 10.1 Å². The molecule has 0 aliphatic rings. The number of hydrogen-bond acceptors (Lipinski definition) is 6. The third-order valence-electron chi connectivity index (χ3n) is 2.15. The third kappa shape index (κ3) is 6.70. The predicted octanol–water partition coefficient (Wildman–Crippen LogP) is 0.999. The number of aliphatic hydroxyl groups is 1. The highest BCUT2D eigenvalue weighted by Crippen LogP contribution is 2.16. The molecule has 0 aliphatic heterocycles. The molecule has 1 N–H and O–H groups in total. The maximum Gasteiger partial charge on any atom is 0.269 e. The summed E-state index contributed by atoms with van der Waals surface area (Å²) in [6, 6.07) is 5.86. The average molecular weight is 271 g/mol. The third-order valence-corrected chi connectivity index (χ3v) is 2.15. The molecule has 0 atom stereocenters. The molecule has 0 spiro atoms. The van der Waals surface area contributed by atoms with Crippen molar-refractivity contribution in [1.82, 2.24) is 0 Å². The van der Waals surface area contributed by atoms with E-state index in [2.05, 4.69) is 0 Å². The molecule has 7 nitrogen and oxygen atoms in total. The molecule has 1 aromatic carbocycles. The zero-order chi connectivity index (χ0) is 13.9. The van der Waals surface area contributed by atoms with Gasteiger partial charge in [-0.1, -0.05) is 0 Å². The molecule has 0 aliphatic carbocycles. The van der Waals surface area contributed by atoms with E-state index in [1.165, 1.54) is 12.1 Å². The van der Waals surface area contributed by atoms with E-state index in [9.17, 15) is 10.1 Å². The van der Waals surface area contributed by atoms with Crippen molar-refractivity contribution >= 4 is 5.69 Å². The van der Waals surface area contributed by atoms with E-state index >= 15 is 0 Å². The molecule has 1 aromatic rings. The number of nitrogens with zero attached hydrogens (tertiary/aromatic N) is 1. The molecule has 106 valence electrons. The topological polar surface area (TPSA) is 91.1 Å². The first-order valence-electron chi connectivity index (χ1n) is 5.87. The first-order valence-corrected chi connectivity index (χ1v) is 5.87. The first kappa shape index (κ1) is 15.4. The lowest BCUT2D eigenvalue weighted by atomic mass is 10.3. The smallest absolute Gasteiger partial charge is 0.269 e. The minimum Gasteiger partial charge on any atom is -0.491 e. The molecular weight excluding hydrogens is 254 g/mol. The fourth-order valence-electron chi connectivity index (χ4n) is 1.27. The first-order chi connectivity index (χ1) is 9.24. The van der Waals surface area contributed by atoms with E-state index in [1.54, 1.807) is 12.1 Å². The highest BCUT2D eigenvalue weighted by Gasteiger charge is 2.03. The molecule has 0 radical (unpaired) electrons. The van der Waals surface area contributed by atoms with Crippen LogP contribution in [0.4, 0.5) is 5.69 Å². The van der Waals surface area contributed by atoms with Gasteiger partial charge in [0, 0.05) is 12.1 Å². The Bertz CT molecular complexity index is 367. The largest absolute Gasteiger partial charge is 0.491 e. The van der Waals surface area contributed by atoms with Gasteiger partial charge in [-0.05, 0) is 12.1 Å². The van der Waals surface area contributed by atoms with Gasteiger partial charge in [0.2, 0.25) is 0 Å². The summed E-state index contributed by atoms with van der Waals surface area (Å²) in [5.74, 6) is 0.561. The summed E-state index contributed by atoms with van der Waals surface area (Å²) in [5, 5.41) is 18.9. The van der Waals surface area contributed by atoms with Gasteiger partial charge < -0.3 is 19.3 Å². The minimum atomic E-state index is -0.459. The maximum absolute atomic E-state index is 10.4. The molecular formula is C12H17NO6. The van der Waals surface area contributed by atoms with Crippen LogP contribution >= 0.6 is 0 Å². The average Bonchev–Trinajstić information content (AvgIpc) is 2.42. The molecule has 0 heterocycles. The van der Waals surface area contributed by atoms with Crippen LogP contribution in [0.5, 0.6) is 5.75 Å². The summed E-state index contributed by atoms with van der Waals surface area (Å²) in [7, 11) is 0. The fraction of sp³-hybridized carbons (Fsp3) is 0.500. The van der Waals surface area contributed by atoms with Crippen molar-refractivity contribution in [2.75, 3.05) is 39.6 Å². The molecule has 0 amide bonds. The minimum absolute atomic E-state index is 0.00323. The van der Waals surface area contributed by atoms with Crippen LogP contribution in [0.1, 0.15) is 0 Å². The lowest BCUT2D eigenvalue weighted by Crippen LogP contribution is -2.11. The van der Waals surface area contributed by atoms with Gasteiger partial charge in [0.1, 0.15) is 12.4 Å². The van der Waals surface area contributed by atoms with Crippen LogP contribution < -0.4 is 4.74 Å².